The van der Waals surface area contributed by atoms with Crippen LogP contribution in [0.15, 0.2) is 36.4 Å². The fraction of sp³-hybridized carbons (Fsp3) is 0.368. The van der Waals surface area contributed by atoms with Crippen molar-refractivity contribution in [3.8, 4) is 17.2 Å². The third kappa shape index (κ3) is 3.04. The predicted molar refractivity (Wildman–Crippen MR) is 88.1 cm³/mol. The van der Waals surface area contributed by atoms with E-state index in [2.05, 4.69) is 5.32 Å². The average molecular weight is 329 g/mol. The van der Waals surface area contributed by atoms with Crippen molar-refractivity contribution in [3.63, 3.8) is 0 Å². The highest BCUT2D eigenvalue weighted by atomic mass is 19.1. The summed E-state index contributed by atoms with van der Waals surface area (Å²) in [4.78, 5) is 0. The van der Waals surface area contributed by atoms with Crippen molar-refractivity contribution in [2.24, 2.45) is 0 Å². The lowest BCUT2D eigenvalue weighted by Crippen LogP contribution is -2.22. The lowest BCUT2D eigenvalue weighted by molar-refractivity contribution is 0.169. The minimum atomic E-state index is -0.236. The van der Waals surface area contributed by atoms with E-state index in [0.29, 0.717) is 26.4 Å². The summed E-state index contributed by atoms with van der Waals surface area (Å²) >= 11 is 0. The fourth-order valence-corrected chi connectivity index (χ4v) is 3.27. The molecule has 0 spiro atoms. The van der Waals surface area contributed by atoms with Gasteiger partial charge in [0.15, 0.2) is 11.5 Å². The average Bonchev–Trinajstić information content (AvgIpc) is 2.82. The van der Waals surface area contributed by atoms with Gasteiger partial charge in [-0.05, 0) is 37.1 Å². The summed E-state index contributed by atoms with van der Waals surface area (Å²) in [5.41, 5.74) is 1.93. The van der Waals surface area contributed by atoms with E-state index < -0.39 is 0 Å². The van der Waals surface area contributed by atoms with Crippen LogP contribution in [-0.2, 0) is 6.54 Å². The van der Waals surface area contributed by atoms with E-state index in [9.17, 15) is 4.39 Å². The SMILES string of the molecule is Fc1ccc2c(c1)[C@H](NCc1cccc3c1OCCO3)CCCO2. The molecule has 2 aliphatic heterocycles. The molecule has 2 heterocycles. The fourth-order valence-electron chi connectivity index (χ4n) is 3.27. The molecule has 0 aliphatic carbocycles. The van der Waals surface area contributed by atoms with Crippen LogP contribution in [0.4, 0.5) is 4.39 Å². The highest BCUT2D eigenvalue weighted by Crippen LogP contribution is 2.35. The molecule has 24 heavy (non-hydrogen) atoms. The number of rotatable bonds is 3. The number of para-hydroxylation sites is 1. The van der Waals surface area contributed by atoms with Crippen LogP contribution in [0.1, 0.15) is 30.0 Å². The van der Waals surface area contributed by atoms with Gasteiger partial charge < -0.3 is 19.5 Å². The van der Waals surface area contributed by atoms with Crippen LogP contribution in [-0.4, -0.2) is 19.8 Å². The zero-order chi connectivity index (χ0) is 16.4. The maximum Gasteiger partial charge on any atom is 0.165 e. The Bertz CT molecular complexity index is 735. The smallest absolute Gasteiger partial charge is 0.165 e. The molecule has 0 bridgehead atoms. The van der Waals surface area contributed by atoms with Gasteiger partial charge in [-0.15, -0.1) is 0 Å². The summed E-state index contributed by atoms with van der Waals surface area (Å²) in [7, 11) is 0. The Morgan fingerprint density at radius 3 is 2.83 bits per heavy atom. The standard InChI is InChI=1S/C19H20FNO3/c20-14-6-7-17-15(11-14)16(4-2-8-22-17)21-12-13-3-1-5-18-19(13)24-10-9-23-18/h1,3,5-7,11,16,21H,2,4,8-10,12H2/t16-/m1/s1. The highest BCUT2D eigenvalue weighted by Gasteiger charge is 2.21. The van der Waals surface area contributed by atoms with Gasteiger partial charge in [0.2, 0.25) is 0 Å². The molecule has 5 heteroatoms. The molecule has 0 saturated carbocycles. The minimum Gasteiger partial charge on any atom is -0.493 e. The molecular weight excluding hydrogens is 309 g/mol. The Kier molecular flexibility index (Phi) is 4.26. The molecule has 2 aromatic carbocycles. The van der Waals surface area contributed by atoms with Gasteiger partial charge in [0.25, 0.3) is 0 Å². The van der Waals surface area contributed by atoms with Gasteiger partial charge in [0, 0.05) is 23.7 Å². The van der Waals surface area contributed by atoms with Gasteiger partial charge in [-0.3, -0.25) is 0 Å². The number of hydrogen-bond acceptors (Lipinski definition) is 4. The van der Waals surface area contributed by atoms with Crippen molar-refractivity contribution in [1.29, 1.82) is 0 Å². The van der Waals surface area contributed by atoms with E-state index in [1.54, 1.807) is 12.1 Å². The second kappa shape index (κ2) is 6.69. The topological polar surface area (TPSA) is 39.7 Å². The predicted octanol–water partition coefficient (Wildman–Crippen LogP) is 3.60. The number of hydrogen-bond donors (Lipinski definition) is 1. The van der Waals surface area contributed by atoms with E-state index in [1.165, 1.54) is 6.07 Å². The monoisotopic (exact) mass is 329 g/mol. The Morgan fingerprint density at radius 1 is 1.00 bits per heavy atom. The summed E-state index contributed by atoms with van der Waals surface area (Å²) in [5.74, 6) is 2.12. The maximum atomic E-state index is 13.7. The molecule has 1 N–H and O–H groups in total. The zero-order valence-electron chi connectivity index (χ0n) is 13.4. The van der Waals surface area contributed by atoms with Crippen LogP contribution in [0.3, 0.4) is 0 Å². The van der Waals surface area contributed by atoms with Gasteiger partial charge >= 0.3 is 0 Å². The first kappa shape index (κ1) is 15.3. The van der Waals surface area contributed by atoms with E-state index in [-0.39, 0.29) is 11.9 Å². The van der Waals surface area contributed by atoms with Crippen LogP contribution in [0, 0.1) is 5.82 Å². The van der Waals surface area contributed by atoms with E-state index in [1.807, 2.05) is 18.2 Å². The molecule has 0 saturated heterocycles. The number of benzene rings is 2. The van der Waals surface area contributed by atoms with Crippen molar-refractivity contribution in [1.82, 2.24) is 5.32 Å². The number of fused-ring (bicyclic) bond motifs is 2. The van der Waals surface area contributed by atoms with Gasteiger partial charge in [0.05, 0.1) is 6.61 Å². The number of nitrogens with one attached hydrogen (secondary N) is 1. The Balaban J connectivity index is 1.55. The maximum absolute atomic E-state index is 13.7. The van der Waals surface area contributed by atoms with E-state index in [4.69, 9.17) is 14.2 Å². The third-order valence-electron chi connectivity index (χ3n) is 4.43. The van der Waals surface area contributed by atoms with E-state index in [0.717, 1.165) is 41.2 Å². The van der Waals surface area contributed by atoms with Crippen molar-refractivity contribution < 1.29 is 18.6 Å². The zero-order valence-corrected chi connectivity index (χ0v) is 13.4. The summed E-state index contributed by atoms with van der Waals surface area (Å²) in [6.07, 6.45) is 1.84. The number of halogens is 1. The lowest BCUT2D eigenvalue weighted by atomic mass is 10.0. The number of ether oxygens (including phenoxy) is 3. The molecule has 2 aliphatic rings. The summed E-state index contributed by atoms with van der Waals surface area (Å²) < 4.78 is 30.8. The minimum absolute atomic E-state index is 0.0542. The van der Waals surface area contributed by atoms with Crippen LogP contribution in [0.2, 0.25) is 0 Å². The van der Waals surface area contributed by atoms with Gasteiger partial charge in [-0.1, -0.05) is 12.1 Å². The van der Waals surface area contributed by atoms with Gasteiger partial charge in [-0.25, -0.2) is 4.39 Å². The quantitative estimate of drug-likeness (QED) is 0.934. The molecule has 4 nitrogen and oxygen atoms in total. The summed E-state index contributed by atoms with van der Waals surface area (Å²) in [6, 6.07) is 10.7. The second-order valence-electron chi connectivity index (χ2n) is 6.05. The molecule has 126 valence electrons. The summed E-state index contributed by atoms with van der Waals surface area (Å²) in [6.45, 7) is 2.44. The van der Waals surface area contributed by atoms with Crippen LogP contribution >= 0.6 is 0 Å². The highest BCUT2D eigenvalue weighted by molar-refractivity contribution is 5.47. The van der Waals surface area contributed by atoms with Crippen molar-refractivity contribution in [2.75, 3.05) is 19.8 Å². The van der Waals surface area contributed by atoms with E-state index >= 15 is 0 Å². The van der Waals surface area contributed by atoms with Gasteiger partial charge in [0.1, 0.15) is 24.8 Å². The molecule has 0 aromatic heterocycles. The first-order valence-corrected chi connectivity index (χ1v) is 8.34. The molecule has 0 amide bonds. The Labute approximate surface area is 140 Å². The first-order valence-electron chi connectivity index (χ1n) is 8.34. The normalized spacial score (nSPS) is 19.1. The van der Waals surface area contributed by atoms with Crippen molar-refractivity contribution in [3.05, 3.63) is 53.3 Å². The lowest BCUT2D eigenvalue weighted by Gasteiger charge is -2.23. The van der Waals surface area contributed by atoms with Gasteiger partial charge in [-0.2, -0.15) is 0 Å². The molecule has 4 rings (SSSR count). The summed E-state index contributed by atoms with van der Waals surface area (Å²) in [5, 5.41) is 3.53. The molecule has 2 aromatic rings. The second-order valence-corrected chi connectivity index (χ2v) is 6.05. The molecular formula is C19H20FNO3. The molecule has 0 fully saturated rings. The van der Waals surface area contributed by atoms with Crippen molar-refractivity contribution in [2.45, 2.75) is 25.4 Å². The molecule has 1 atom stereocenters. The van der Waals surface area contributed by atoms with Crippen LogP contribution in [0.25, 0.3) is 0 Å². The largest absolute Gasteiger partial charge is 0.493 e. The van der Waals surface area contributed by atoms with Crippen LogP contribution in [0.5, 0.6) is 17.2 Å². The third-order valence-corrected chi connectivity index (χ3v) is 4.43. The Hall–Kier alpha value is -2.27. The van der Waals surface area contributed by atoms with Crippen molar-refractivity contribution >= 4 is 0 Å². The first-order chi connectivity index (χ1) is 11.8. The Morgan fingerprint density at radius 2 is 1.88 bits per heavy atom. The molecule has 0 unspecified atom stereocenters. The molecule has 0 radical (unpaired) electrons. The van der Waals surface area contributed by atoms with Crippen LogP contribution < -0.4 is 19.5 Å².